The second-order valence-electron chi connectivity index (χ2n) is 15.1. The Bertz CT molecular complexity index is 1810. The Hall–Kier alpha value is -3.58. The third-order valence-electron chi connectivity index (χ3n) is 10.7. The molecule has 282 valence electrons. The summed E-state index contributed by atoms with van der Waals surface area (Å²) in [5, 5.41) is 44.6. The van der Waals surface area contributed by atoms with Gasteiger partial charge in [0.2, 0.25) is 0 Å². The Labute approximate surface area is 322 Å². The molecule has 0 bridgehead atoms. The van der Waals surface area contributed by atoms with Gasteiger partial charge in [-0.2, -0.15) is 0 Å². The van der Waals surface area contributed by atoms with Crippen LogP contribution in [0.3, 0.4) is 0 Å². The first-order valence-corrected chi connectivity index (χ1v) is 19.1. The molecule has 3 aliphatic heterocycles. The molecular formula is C41H50Cl2N6O4. The average molecular weight is 762 g/mol. The number of halogens is 2. The fraction of sp³-hybridized carbons (Fsp3) is 0.415. The minimum atomic E-state index is 0.288. The highest BCUT2D eigenvalue weighted by molar-refractivity contribution is 6.31. The fourth-order valence-electron chi connectivity index (χ4n) is 7.94. The van der Waals surface area contributed by atoms with Crippen LogP contribution in [0.2, 0.25) is 10.0 Å². The molecule has 3 aliphatic rings. The number of aromatic hydroxyl groups is 4. The lowest BCUT2D eigenvalue weighted by Crippen LogP contribution is -2.26. The zero-order chi connectivity index (χ0) is 37.2. The zero-order valence-electron chi connectivity index (χ0n) is 30.6. The maximum absolute atomic E-state index is 11.4. The number of nitrogens with zero attached hydrogens (tertiary/aromatic N) is 6. The van der Waals surface area contributed by atoms with Gasteiger partial charge in [-0.1, -0.05) is 58.6 Å². The van der Waals surface area contributed by atoms with Crippen molar-refractivity contribution in [2.75, 3.05) is 59.3 Å². The summed E-state index contributed by atoms with van der Waals surface area (Å²) < 4.78 is 0. The van der Waals surface area contributed by atoms with Gasteiger partial charge < -0.3 is 20.4 Å². The molecule has 0 saturated carbocycles. The van der Waals surface area contributed by atoms with Gasteiger partial charge >= 0.3 is 0 Å². The molecule has 0 amide bonds. The molecule has 0 unspecified atom stereocenters. The second kappa shape index (κ2) is 16.4. The van der Waals surface area contributed by atoms with Crippen molar-refractivity contribution in [1.82, 2.24) is 29.4 Å². The molecule has 7 rings (SSSR count). The molecule has 0 aliphatic carbocycles. The van der Waals surface area contributed by atoms with Gasteiger partial charge in [-0.15, -0.1) is 0 Å². The van der Waals surface area contributed by atoms with Crippen LogP contribution in [0.1, 0.15) is 44.5 Å². The zero-order valence-corrected chi connectivity index (χ0v) is 32.1. The molecule has 10 nitrogen and oxygen atoms in total. The summed E-state index contributed by atoms with van der Waals surface area (Å²) in [7, 11) is 0. The van der Waals surface area contributed by atoms with Crippen molar-refractivity contribution in [2.45, 2.75) is 53.1 Å². The lowest BCUT2D eigenvalue weighted by molar-refractivity contribution is 0.226. The molecule has 0 aromatic heterocycles. The summed E-state index contributed by atoms with van der Waals surface area (Å²) in [6.07, 6.45) is 0. The first-order chi connectivity index (χ1) is 25.4. The van der Waals surface area contributed by atoms with Gasteiger partial charge in [0, 0.05) is 122 Å². The summed E-state index contributed by atoms with van der Waals surface area (Å²) in [6, 6.07) is 18.9. The number of phenols is 4. The first-order valence-electron chi connectivity index (χ1n) is 18.4. The first kappa shape index (κ1) is 37.7. The smallest absolute Gasteiger partial charge is 0.124 e. The Kier molecular flexibility index (Phi) is 11.7. The fourth-order valence-corrected chi connectivity index (χ4v) is 8.47. The number of phenolic OH excluding ortho intramolecular Hbond substituents is 4. The Balaban J connectivity index is 0.927. The van der Waals surface area contributed by atoms with E-state index in [1.165, 1.54) is 0 Å². The minimum absolute atomic E-state index is 0.288. The standard InChI is InChI=1S/C41H50Cl2N6O4/c1-28-3-5-38(50)30(13-28)19-44-7-9-46(25-44)21-32-15-36(42)17-34(40(32)52)23-48-11-12-49(27-48)24-35-18-37(43)16-33(41(35)53)22-47-10-8-45(26-47)20-31-14-29(2)4-6-39(31)51/h3-6,13-18,50-53H,7-12,19-27H2,1-2H3. The summed E-state index contributed by atoms with van der Waals surface area (Å²) in [4.78, 5) is 13.8. The molecule has 3 saturated heterocycles. The average Bonchev–Trinajstić information content (AvgIpc) is 3.87. The van der Waals surface area contributed by atoms with Crippen LogP contribution in [0.5, 0.6) is 23.0 Å². The maximum atomic E-state index is 11.4. The lowest BCUT2D eigenvalue weighted by atomic mass is 10.1. The lowest BCUT2D eigenvalue weighted by Gasteiger charge is -2.23. The van der Waals surface area contributed by atoms with Crippen LogP contribution < -0.4 is 0 Å². The maximum Gasteiger partial charge on any atom is 0.124 e. The quantitative estimate of drug-likeness (QED) is 0.133. The van der Waals surface area contributed by atoms with Gasteiger partial charge in [-0.3, -0.25) is 29.4 Å². The minimum Gasteiger partial charge on any atom is -0.508 e. The van der Waals surface area contributed by atoms with E-state index >= 15 is 0 Å². The van der Waals surface area contributed by atoms with E-state index in [1.807, 2.05) is 62.4 Å². The van der Waals surface area contributed by atoms with E-state index in [4.69, 9.17) is 23.2 Å². The third-order valence-corrected chi connectivity index (χ3v) is 11.1. The van der Waals surface area contributed by atoms with E-state index in [9.17, 15) is 20.4 Å². The molecule has 0 spiro atoms. The van der Waals surface area contributed by atoms with Gasteiger partial charge in [0.15, 0.2) is 0 Å². The van der Waals surface area contributed by atoms with Crippen molar-refractivity contribution in [3.8, 4) is 23.0 Å². The van der Waals surface area contributed by atoms with Gasteiger partial charge in [0.25, 0.3) is 0 Å². The topological polar surface area (TPSA) is 100 Å². The predicted octanol–water partition coefficient (Wildman–Crippen LogP) is 6.26. The van der Waals surface area contributed by atoms with Gasteiger partial charge in [-0.25, -0.2) is 0 Å². The van der Waals surface area contributed by atoms with Crippen molar-refractivity contribution < 1.29 is 20.4 Å². The third kappa shape index (κ3) is 9.39. The van der Waals surface area contributed by atoms with Crippen molar-refractivity contribution in [3.63, 3.8) is 0 Å². The van der Waals surface area contributed by atoms with Gasteiger partial charge in [-0.05, 0) is 50.2 Å². The summed E-state index contributed by atoms with van der Waals surface area (Å²) in [5.41, 5.74) is 7.35. The van der Waals surface area contributed by atoms with E-state index in [0.717, 1.165) is 97.1 Å². The second-order valence-corrected chi connectivity index (χ2v) is 16.0. The van der Waals surface area contributed by atoms with Crippen molar-refractivity contribution in [3.05, 3.63) is 115 Å². The van der Waals surface area contributed by atoms with Crippen LogP contribution in [-0.2, 0) is 39.3 Å². The molecule has 0 radical (unpaired) electrons. The van der Waals surface area contributed by atoms with Crippen LogP contribution in [0.4, 0.5) is 0 Å². The van der Waals surface area contributed by atoms with Crippen molar-refractivity contribution in [1.29, 1.82) is 0 Å². The van der Waals surface area contributed by atoms with E-state index < -0.39 is 0 Å². The molecule has 4 aromatic rings. The highest BCUT2D eigenvalue weighted by atomic mass is 35.5. The number of benzene rings is 4. The molecule has 0 atom stereocenters. The highest BCUT2D eigenvalue weighted by Crippen LogP contribution is 2.33. The number of aryl methyl sites for hydroxylation is 2. The summed E-state index contributed by atoms with van der Waals surface area (Å²) in [6.45, 7) is 15.0. The molecular weight excluding hydrogens is 711 g/mol. The molecule has 4 aromatic carbocycles. The summed E-state index contributed by atoms with van der Waals surface area (Å²) in [5.74, 6) is 1.22. The highest BCUT2D eigenvalue weighted by Gasteiger charge is 2.27. The molecule has 4 N–H and O–H groups in total. The van der Waals surface area contributed by atoms with Gasteiger partial charge in [0.05, 0.1) is 20.0 Å². The molecule has 53 heavy (non-hydrogen) atoms. The largest absolute Gasteiger partial charge is 0.508 e. The SMILES string of the molecule is Cc1ccc(O)c(CN2CCN(Cc3cc(Cl)cc(CN4CCN(Cc5cc(Cl)cc(CN6CCN(Cc7cc(C)ccc7O)C6)c5O)C4)c3O)C2)c1. The van der Waals surface area contributed by atoms with Crippen molar-refractivity contribution in [2.24, 2.45) is 0 Å². The summed E-state index contributed by atoms with van der Waals surface area (Å²) >= 11 is 13.2. The number of rotatable bonds is 12. The molecule has 12 heteroatoms. The normalized spacial score (nSPS) is 18.2. The van der Waals surface area contributed by atoms with E-state index in [0.29, 0.717) is 67.5 Å². The predicted molar refractivity (Wildman–Crippen MR) is 209 cm³/mol. The van der Waals surface area contributed by atoms with E-state index in [2.05, 4.69) is 29.4 Å². The Morgan fingerprint density at radius 3 is 0.962 bits per heavy atom. The monoisotopic (exact) mass is 760 g/mol. The number of hydrogen-bond donors (Lipinski definition) is 4. The van der Waals surface area contributed by atoms with E-state index in [1.54, 1.807) is 12.1 Å². The Morgan fingerprint density at radius 1 is 0.415 bits per heavy atom. The molecule has 3 heterocycles. The van der Waals surface area contributed by atoms with Crippen LogP contribution in [-0.4, -0.2) is 109 Å². The Morgan fingerprint density at radius 2 is 0.679 bits per heavy atom. The van der Waals surface area contributed by atoms with Gasteiger partial charge in [0.1, 0.15) is 23.0 Å². The molecule has 3 fully saturated rings. The van der Waals surface area contributed by atoms with Crippen LogP contribution in [0.25, 0.3) is 0 Å². The van der Waals surface area contributed by atoms with Crippen LogP contribution in [0, 0.1) is 13.8 Å². The van der Waals surface area contributed by atoms with Crippen molar-refractivity contribution >= 4 is 23.2 Å². The number of hydrogen-bond acceptors (Lipinski definition) is 10. The van der Waals surface area contributed by atoms with Crippen LogP contribution >= 0.6 is 23.2 Å². The van der Waals surface area contributed by atoms with Crippen LogP contribution in [0.15, 0.2) is 60.7 Å². The van der Waals surface area contributed by atoms with E-state index in [-0.39, 0.29) is 11.5 Å².